The van der Waals surface area contributed by atoms with E-state index >= 15 is 0 Å². The minimum absolute atomic E-state index is 0.0538. The third-order valence-electron chi connectivity index (χ3n) is 1.79. The maximum Gasteiger partial charge on any atom is 0.358 e. The molecule has 1 N–H and O–H groups in total. The highest BCUT2D eigenvalue weighted by atomic mass is 16.5. The van der Waals surface area contributed by atoms with Crippen LogP contribution in [0.25, 0.3) is 0 Å². The van der Waals surface area contributed by atoms with Gasteiger partial charge < -0.3 is 14.5 Å². The normalized spacial score (nSPS) is 10.0. The molecule has 0 saturated heterocycles. The zero-order valence-corrected chi connectivity index (χ0v) is 7.65. The van der Waals surface area contributed by atoms with Crippen LogP contribution in [0.5, 0.6) is 0 Å². The molecule has 1 aromatic heterocycles. The lowest BCUT2D eigenvalue weighted by Gasteiger charge is -2.15. The predicted octanol–water partition coefficient (Wildman–Crippen LogP) is 1.22. The molecule has 0 amide bonds. The fourth-order valence-electron chi connectivity index (χ4n) is 1.05. The summed E-state index contributed by atoms with van der Waals surface area (Å²) in [6.07, 6.45) is 0. The summed E-state index contributed by atoms with van der Waals surface area (Å²) in [5, 5.41) is 12.0. The summed E-state index contributed by atoms with van der Waals surface area (Å²) < 4.78 is 4.86. The van der Waals surface area contributed by atoms with E-state index in [1.165, 1.54) is 6.07 Å². The van der Waals surface area contributed by atoms with Crippen LogP contribution in [0.3, 0.4) is 0 Å². The van der Waals surface area contributed by atoms with Crippen molar-refractivity contribution in [2.24, 2.45) is 0 Å². The maximum absolute atomic E-state index is 10.5. The highest BCUT2D eigenvalue weighted by molar-refractivity contribution is 5.85. The van der Waals surface area contributed by atoms with Crippen LogP contribution in [0.4, 0.5) is 5.88 Å². The van der Waals surface area contributed by atoms with E-state index in [1.54, 1.807) is 0 Å². The standard InChI is InChI=1S/C8H12N2O3/c1-3-10(4-2)7-5-6(8(11)12)9-13-7/h5H,3-4H2,1-2H3,(H,11,12). The van der Waals surface area contributed by atoms with Gasteiger partial charge in [0, 0.05) is 19.2 Å². The molecule has 0 unspecified atom stereocenters. The quantitative estimate of drug-likeness (QED) is 0.762. The first-order valence-electron chi connectivity index (χ1n) is 4.14. The number of anilines is 1. The van der Waals surface area contributed by atoms with Crippen LogP contribution < -0.4 is 4.90 Å². The Morgan fingerprint density at radius 2 is 2.23 bits per heavy atom. The smallest absolute Gasteiger partial charge is 0.358 e. The molecular weight excluding hydrogens is 172 g/mol. The van der Waals surface area contributed by atoms with Crippen LogP contribution in [0.15, 0.2) is 10.6 Å². The van der Waals surface area contributed by atoms with Crippen molar-refractivity contribution in [3.63, 3.8) is 0 Å². The van der Waals surface area contributed by atoms with Gasteiger partial charge >= 0.3 is 5.97 Å². The molecule has 13 heavy (non-hydrogen) atoms. The molecule has 72 valence electrons. The van der Waals surface area contributed by atoms with Gasteiger partial charge in [-0.05, 0) is 13.8 Å². The fourth-order valence-corrected chi connectivity index (χ4v) is 1.05. The lowest BCUT2D eigenvalue weighted by molar-refractivity contribution is 0.0686. The van der Waals surface area contributed by atoms with Gasteiger partial charge in [-0.1, -0.05) is 5.16 Å². The molecule has 5 nitrogen and oxygen atoms in total. The van der Waals surface area contributed by atoms with Gasteiger partial charge in [-0.2, -0.15) is 0 Å². The Labute approximate surface area is 75.9 Å². The molecule has 5 heteroatoms. The Kier molecular flexibility index (Phi) is 2.89. The second-order valence-electron chi connectivity index (χ2n) is 2.53. The van der Waals surface area contributed by atoms with Crippen molar-refractivity contribution in [2.75, 3.05) is 18.0 Å². The third-order valence-corrected chi connectivity index (χ3v) is 1.79. The Morgan fingerprint density at radius 3 is 2.62 bits per heavy atom. The van der Waals surface area contributed by atoms with Crippen molar-refractivity contribution in [2.45, 2.75) is 13.8 Å². The van der Waals surface area contributed by atoms with Crippen LogP contribution in [0.1, 0.15) is 24.3 Å². The number of carbonyl (C=O) groups is 1. The Hall–Kier alpha value is -1.52. The van der Waals surface area contributed by atoms with Crippen molar-refractivity contribution < 1.29 is 14.4 Å². The molecule has 0 aliphatic heterocycles. The molecular formula is C8H12N2O3. The van der Waals surface area contributed by atoms with Gasteiger partial charge in [0.2, 0.25) is 5.88 Å². The largest absolute Gasteiger partial charge is 0.476 e. The highest BCUT2D eigenvalue weighted by Crippen LogP contribution is 2.14. The monoisotopic (exact) mass is 184 g/mol. The summed E-state index contributed by atoms with van der Waals surface area (Å²) >= 11 is 0. The number of hydrogen-bond acceptors (Lipinski definition) is 4. The van der Waals surface area contributed by atoms with Gasteiger partial charge in [0.1, 0.15) is 0 Å². The topological polar surface area (TPSA) is 66.6 Å². The summed E-state index contributed by atoms with van der Waals surface area (Å²) in [7, 11) is 0. The minimum Gasteiger partial charge on any atom is -0.476 e. The van der Waals surface area contributed by atoms with E-state index in [2.05, 4.69) is 5.16 Å². The first-order chi connectivity index (χ1) is 6.19. The zero-order valence-electron chi connectivity index (χ0n) is 7.65. The van der Waals surface area contributed by atoms with Crippen LogP contribution >= 0.6 is 0 Å². The van der Waals surface area contributed by atoms with Crippen LogP contribution in [0.2, 0.25) is 0 Å². The molecule has 1 rings (SSSR count). The van der Waals surface area contributed by atoms with E-state index < -0.39 is 5.97 Å². The molecule has 0 aromatic carbocycles. The maximum atomic E-state index is 10.5. The number of rotatable bonds is 4. The molecule has 0 saturated carbocycles. The van der Waals surface area contributed by atoms with Crippen molar-refractivity contribution >= 4 is 11.9 Å². The lowest BCUT2D eigenvalue weighted by Crippen LogP contribution is -2.21. The van der Waals surface area contributed by atoms with Crippen molar-refractivity contribution in [3.8, 4) is 0 Å². The summed E-state index contributed by atoms with van der Waals surface area (Å²) in [6, 6.07) is 1.43. The molecule has 0 atom stereocenters. The van der Waals surface area contributed by atoms with Crippen LogP contribution in [-0.4, -0.2) is 29.3 Å². The van der Waals surface area contributed by atoms with Gasteiger partial charge in [0.15, 0.2) is 5.69 Å². The molecule has 1 heterocycles. The third kappa shape index (κ3) is 1.99. The Morgan fingerprint density at radius 1 is 1.62 bits per heavy atom. The Balaban J connectivity index is 2.84. The summed E-state index contributed by atoms with van der Waals surface area (Å²) in [4.78, 5) is 12.4. The second kappa shape index (κ2) is 3.93. The molecule has 0 fully saturated rings. The lowest BCUT2D eigenvalue weighted by atomic mass is 10.4. The molecule has 0 aliphatic rings. The number of carboxylic acids is 1. The first-order valence-corrected chi connectivity index (χ1v) is 4.14. The number of nitrogens with zero attached hydrogens (tertiary/aromatic N) is 2. The first kappa shape index (κ1) is 9.57. The fraction of sp³-hybridized carbons (Fsp3) is 0.500. The van der Waals surface area contributed by atoms with Crippen LogP contribution in [-0.2, 0) is 0 Å². The van der Waals surface area contributed by atoms with Gasteiger partial charge in [-0.25, -0.2) is 4.79 Å². The van der Waals surface area contributed by atoms with Gasteiger partial charge in [-0.15, -0.1) is 0 Å². The number of hydrogen-bond donors (Lipinski definition) is 1. The molecule has 0 radical (unpaired) electrons. The van der Waals surface area contributed by atoms with Crippen molar-refractivity contribution in [1.29, 1.82) is 0 Å². The van der Waals surface area contributed by atoms with Gasteiger partial charge in [0.25, 0.3) is 0 Å². The minimum atomic E-state index is -1.07. The number of aromatic carboxylic acids is 1. The van der Waals surface area contributed by atoms with Crippen molar-refractivity contribution in [1.82, 2.24) is 5.16 Å². The van der Waals surface area contributed by atoms with Crippen molar-refractivity contribution in [3.05, 3.63) is 11.8 Å². The predicted molar refractivity (Wildman–Crippen MR) is 47.0 cm³/mol. The number of carboxylic acid groups (broad SMARTS) is 1. The second-order valence-corrected chi connectivity index (χ2v) is 2.53. The summed E-state index contributed by atoms with van der Waals surface area (Å²) in [5.41, 5.74) is -0.0538. The van der Waals surface area contributed by atoms with E-state index in [-0.39, 0.29) is 5.69 Å². The van der Waals surface area contributed by atoms with E-state index in [0.29, 0.717) is 5.88 Å². The van der Waals surface area contributed by atoms with Crippen LogP contribution in [0, 0.1) is 0 Å². The molecule has 0 spiro atoms. The van der Waals surface area contributed by atoms with Gasteiger partial charge in [0.05, 0.1) is 0 Å². The average molecular weight is 184 g/mol. The number of aromatic nitrogens is 1. The SMILES string of the molecule is CCN(CC)c1cc(C(=O)O)no1. The average Bonchev–Trinajstić information content (AvgIpc) is 2.56. The zero-order chi connectivity index (χ0) is 9.84. The summed E-state index contributed by atoms with van der Waals surface area (Å²) in [5.74, 6) is -0.565. The Bertz CT molecular complexity index is 291. The van der Waals surface area contributed by atoms with E-state index in [0.717, 1.165) is 13.1 Å². The van der Waals surface area contributed by atoms with Gasteiger partial charge in [-0.3, -0.25) is 0 Å². The van der Waals surface area contributed by atoms with E-state index in [9.17, 15) is 4.79 Å². The van der Waals surface area contributed by atoms with E-state index in [4.69, 9.17) is 9.63 Å². The summed E-state index contributed by atoms with van der Waals surface area (Å²) in [6.45, 7) is 5.47. The highest BCUT2D eigenvalue weighted by Gasteiger charge is 2.13. The molecule has 0 bridgehead atoms. The van der Waals surface area contributed by atoms with E-state index in [1.807, 2.05) is 18.7 Å². The molecule has 0 aliphatic carbocycles. The molecule has 1 aromatic rings.